The Morgan fingerprint density at radius 1 is 1.18 bits per heavy atom. The van der Waals surface area contributed by atoms with Gasteiger partial charge in [0.1, 0.15) is 5.82 Å². The van der Waals surface area contributed by atoms with Crippen molar-refractivity contribution < 1.29 is 9.18 Å². The smallest absolute Gasteiger partial charge is 0.195 e. The molecule has 0 amide bonds. The number of hydrogen-bond donors (Lipinski definition) is 1. The summed E-state index contributed by atoms with van der Waals surface area (Å²) in [5.41, 5.74) is 7.19. The number of nitrogen functional groups attached to an aromatic ring is 1. The molecule has 0 unspecified atom stereocenters. The highest BCUT2D eigenvalue weighted by molar-refractivity contribution is 6.12. The maximum atomic E-state index is 13.4. The van der Waals surface area contributed by atoms with Gasteiger partial charge in [-0.15, -0.1) is 0 Å². The molecule has 3 heteroatoms. The first kappa shape index (κ1) is 11.3. The number of anilines is 1. The minimum Gasteiger partial charge on any atom is -0.398 e. The van der Waals surface area contributed by atoms with Gasteiger partial charge in [0, 0.05) is 16.8 Å². The molecule has 0 radical (unpaired) electrons. The lowest BCUT2D eigenvalue weighted by atomic mass is 10.00. The topological polar surface area (TPSA) is 43.1 Å². The molecular formula is C14H12FNO. The molecule has 2 rings (SSSR count). The molecule has 0 aliphatic heterocycles. The van der Waals surface area contributed by atoms with E-state index in [1.807, 2.05) is 6.07 Å². The van der Waals surface area contributed by atoms with E-state index in [0.717, 1.165) is 0 Å². The van der Waals surface area contributed by atoms with Crippen molar-refractivity contribution in [1.82, 2.24) is 0 Å². The van der Waals surface area contributed by atoms with Crippen molar-refractivity contribution in [3.8, 4) is 0 Å². The van der Waals surface area contributed by atoms with Crippen molar-refractivity contribution in [3.05, 3.63) is 65.0 Å². The number of benzene rings is 2. The van der Waals surface area contributed by atoms with Crippen LogP contribution in [0.3, 0.4) is 0 Å². The standard InChI is InChI=1S/C14H12FNO/c1-9-7-13(16)11(8-12(9)15)14(17)10-5-3-2-4-6-10/h2-8H,16H2,1H3. The predicted octanol–water partition coefficient (Wildman–Crippen LogP) is 2.95. The highest BCUT2D eigenvalue weighted by atomic mass is 19.1. The summed E-state index contributed by atoms with van der Waals surface area (Å²) in [7, 11) is 0. The zero-order valence-corrected chi connectivity index (χ0v) is 9.41. The van der Waals surface area contributed by atoms with E-state index in [0.29, 0.717) is 16.8 Å². The molecule has 0 saturated heterocycles. The Morgan fingerprint density at radius 2 is 1.82 bits per heavy atom. The summed E-state index contributed by atoms with van der Waals surface area (Å²) >= 11 is 0. The first-order valence-electron chi connectivity index (χ1n) is 5.25. The lowest BCUT2D eigenvalue weighted by Crippen LogP contribution is -2.06. The summed E-state index contributed by atoms with van der Waals surface area (Å²) in [4.78, 5) is 12.1. The number of ketones is 1. The molecule has 86 valence electrons. The maximum Gasteiger partial charge on any atom is 0.195 e. The van der Waals surface area contributed by atoms with Gasteiger partial charge in [-0.25, -0.2) is 4.39 Å². The van der Waals surface area contributed by atoms with Crippen molar-refractivity contribution >= 4 is 11.5 Å². The molecular weight excluding hydrogens is 217 g/mol. The molecule has 0 saturated carbocycles. The third-order valence-corrected chi connectivity index (χ3v) is 2.61. The van der Waals surface area contributed by atoms with Crippen LogP contribution in [0.25, 0.3) is 0 Å². The summed E-state index contributed by atoms with van der Waals surface area (Å²) in [6.07, 6.45) is 0. The average Bonchev–Trinajstić information content (AvgIpc) is 2.34. The van der Waals surface area contributed by atoms with Crippen LogP contribution < -0.4 is 5.73 Å². The number of carbonyl (C=O) groups is 1. The van der Waals surface area contributed by atoms with Crippen LogP contribution in [-0.4, -0.2) is 5.78 Å². The first-order chi connectivity index (χ1) is 8.09. The molecule has 0 heterocycles. The highest BCUT2D eigenvalue weighted by Gasteiger charge is 2.14. The van der Waals surface area contributed by atoms with Gasteiger partial charge >= 0.3 is 0 Å². The van der Waals surface area contributed by atoms with Gasteiger partial charge in [-0.05, 0) is 24.6 Å². The van der Waals surface area contributed by atoms with Gasteiger partial charge in [-0.1, -0.05) is 30.3 Å². The molecule has 0 spiro atoms. The molecule has 2 aromatic rings. The number of aryl methyl sites for hydroxylation is 1. The van der Waals surface area contributed by atoms with Gasteiger partial charge in [-0.3, -0.25) is 4.79 Å². The SMILES string of the molecule is Cc1cc(N)c(C(=O)c2ccccc2)cc1F. The summed E-state index contributed by atoms with van der Waals surface area (Å²) in [5, 5.41) is 0. The molecule has 0 aromatic heterocycles. The number of nitrogens with two attached hydrogens (primary N) is 1. The largest absolute Gasteiger partial charge is 0.398 e. The molecule has 0 aliphatic carbocycles. The fourth-order valence-electron chi connectivity index (χ4n) is 1.65. The van der Waals surface area contributed by atoms with Crippen molar-refractivity contribution in [1.29, 1.82) is 0 Å². The summed E-state index contributed by atoms with van der Waals surface area (Å²) in [6, 6.07) is 11.4. The molecule has 17 heavy (non-hydrogen) atoms. The average molecular weight is 229 g/mol. The van der Waals surface area contributed by atoms with Crippen molar-refractivity contribution in [2.24, 2.45) is 0 Å². The van der Waals surface area contributed by atoms with Crippen LogP contribution in [0.15, 0.2) is 42.5 Å². The van der Waals surface area contributed by atoms with Crippen LogP contribution in [0.2, 0.25) is 0 Å². The molecule has 2 aromatic carbocycles. The van der Waals surface area contributed by atoms with Crippen LogP contribution in [-0.2, 0) is 0 Å². The van der Waals surface area contributed by atoms with Gasteiger partial charge in [-0.2, -0.15) is 0 Å². The second-order valence-electron chi connectivity index (χ2n) is 3.88. The Morgan fingerprint density at radius 3 is 2.47 bits per heavy atom. The van der Waals surface area contributed by atoms with Gasteiger partial charge in [0.25, 0.3) is 0 Å². The second-order valence-corrected chi connectivity index (χ2v) is 3.88. The normalized spacial score (nSPS) is 10.2. The number of carbonyl (C=O) groups excluding carboxylic acids is 1. The summed E-state index contributed by atoms with van der Waals surface area (Å²) in [5.74, 6) is -0.680. The van der Waals surface area contributed by atoms with E-state index >= 15 is 0 Å². The molecule has 2 N–H and O–H groups in total. The lowest BCUT2D eigenvalue weighted by Gasteiger charge is -2.07. The van der Waals surface area contributed by atoms with Crippen molar-refractivity contribution in [2.45, 2.75) is 6.92 Å². The van der Waals surface area contributed by atoms with Crippen LogP contribution in [0.1, 0.15) is 21.5 Å². The molecule has 0 bridgehead atoms. The Labute approximate surface area is 98.9 Å². The van der Waals surface area contributed by atoms with E-state index in [-0.39, 0.29) is 11.3 Å². The van der Waals surface area contributed by atoms with Gasteiger partial charge < -0.3 is 5.73 Å². The second kappa shape index (κ2) is 4.37. The number of hydrogen-bond acceptors (Lipinski definition) is 2. The minimum absolute atomic E-state index is 0.208. The quantitative estimate of drug-likeness (QED) is 0.635. The summed E-state index contributed by atoms with van der Waals surface area (Å²) in [6.45, 7) is 1.61. The van der Waals surface area contributed by atoms with Crippen LogP contribution in [0, 0.1) is 12.7 Å². The zero-order chi connectivity index (χ0) is 12.4. The number of halogens is 1. The van der Waals surface area contributed by atoms with E-state index in [2.05, 4.69) is 0 Å². The molecule has 0 fully saturated rings. The van der Waals surface area contributed by atoms with E-state index in [1.165, 1.54) is 12.1 Å². The van der Waals surface area contributed by atoms with Crippen LogP contribution in [0.5, 0.6) is 0 Å². The Balaban J connectivity index is 2.48. The number of rotatable bonds is 2. The summed E-state index contributed by atoms with van der Waals surface area (Å²) < 4.78 is 13.4. The van der Waals surface area contributed by atoms with Gasteiger partial charge in [0.2, 0.25) is 0 Å². The van der Waals surface area contributed by atoms with E-state index in [9.17, 15) is 9.18 Å². The van der Waals surface area contributed by atoms with E-state index < -0.39 is 5.82 Å². The fraction of sp³-hybridized carbons (Fsp3) is 0.0714. The molecule has 0 atom stereocenters. The third kappa shape index (κ3) is 2.18. The van der Waals surface area contributed by atoms with Crippen LogP contribution >= 0.6 is 0 Å². The predicted molar refractivity (Wildman–Crippen MR) is 65.4 cm³/mol. The minimum atomic E-state index is -0.418. The Kier molecular flexibility index (Phi) is 2.91. The Hall–Kier alpha value is -2.16. The highest BCUT2D eigenvalue weighted by Crippen LogP contribution is 2.20. The van der Waals surface area contributed by atoms with E-state index in [4.69, 9.17) is 5.73 Å². The molecule has 2 nitrogen and oxygen atoms in total. The monoisotopic (exact) mass is 229 g/mol. The van der Waals surface area contributed by atoms with Gasteiger partial charge in [0.15, 0.2) is 5.78 Å². The zero-order valence-electron chi connectivity index (χ0n) is 9.41. The van der Waals surface area contributed by atoms with E-state index in [1.54, 1.807) is 31.2 Å². The first-order valence-corrected chi connectivity index (χ1v) is 5.25. The maximum absolute atomic E-state index is 13.4. The van der Waals surface area contributed by atoms with Crippen LogP contribution in [0.4, 0.5) is 10.1 Å². The molecule has 0 aliphatic rings. The Bertz CT molecular complexity index is 564. The third-order valence-electron chi connectivity index (χ3n) is 2.61. The van der Waals surface area contributed by atoms with Gasteiger partial charge in [0.05, 0.1) is 0 Å². The van der Waals surface area contributed by atoms with Crippen molar-refractivity contribution in [2.75, 3.05) is 5.73 Å². The fourth-order valence-corrected chi connectivity index (χ4v) is 1.65. The van der Waals surface area contributed by atoms with Crippen molar-refractivity contribution in [3.63, 3.8) is 0 Å². The lowest BCUT2D eigenvalue weighted by molar-refractivity contribution is 0.103.